The van der Waals surface area contributed by atoms with Crippen molar-refractivity contribution in [2.45, 2.75) is 33.2 Å². The van der Waals surface area contributed by atoms with Gasteiger partial charge in [0.1, 0.15) is 0 Å². The van der Waals surface area contributed by atoms with Crippen molar-refractivity contribution in [3.05, 3.63) is 34.3 Å². The second-order valence-corrected chi connectivity index (χ2v) is 9.44. The maximum atomic E-state index is 12.8. The molecular weight excluding hydrogens is 418 g/mol. The van der Waals surface area contributed by atoms with Crippen LogP contribution in [0.3, 0.4) is 0 Å². The second kappa shape index (κ2) is 12.1. The van der Waals surface area contributed by atoms with Crippen molar-refractivity contribution >= 4 is 34.0 Å². The fourth-order valence-electron chi connectivity index (χ4n) is 3.10. The van der Waals surface area contributed by atoms with E-state index in [0.717, 1.165) is 25.1 Å². The monoisotopic (exact) mass is 447 g/mol. The molecule has 1 aromatic carbocycles. The van der Waals surface area contributed by atoms with E-state index in [4.69, 9.17) is 21.5 Å². The zero-order valence-corrected chi connectivity index (χ0v) is 18.7. The van der Waals surface area contributed by atoms with Gasteiger partial charge in [0.25, 0.3) is 12.4 Å². The number of carbonyl (C=O) groups is 2. The summed E-state index contributed by atoms with van der Waals surface area (Å²) in [5.74, 6) is 0.0814. The van der Waals surface area contributed by atoms with Gasteiger partial charge in [0.15, 0.2) is 0 Å². The minimum Gasteiger partial charge on any atom is -0.483 e. The number of amides is 1. The molecule has 2 N–H and O–H groups in total. The normalized spacial score (nSPS) is 16.3. The van der Waals surface area contributed by atoms with Gasteiger partial charge in [-0.05, 0) is 51.0 Å². The average Bonchev–Trinajstić information content (AvgIpc) is 2.92. The number of halogens is 1. The summed E-state index contributed by atoms with van der Waals surface area (Å²) in [4.78, 5) is 25.2. The molecule has 10 heteroatoms. The Kier molecular flexibility index (Phi) is 10.6. The molecule has 1 atom stereocenters. The van der Waals surface area contributed by atoms with E-state index in [1.54, 1.807) is 13.0 Å². The Bertz CT molecular complexity index is 768. The van der Waals surface area contributed by atoms with Crippen LogP contribution in [-0.2, 0) is 14.8 Å². The first kappa shape index (κ1) is 25.4. The fourth-order valence-corrected chi connectivity index (χ4v) is 4.09. The van der Waals surface area contributed by atoms with E-state index in [1.807, 2.05) is 30.9 Å². The van der Waals surface area contributed by atoms with Gasteiger partial charge in [-0.1, -0.05) is 11.6 Å². The van der Waals surface area contributed by atoms with Crippen LogP contribution in [0.1, 0.15) is 36.2 Å². The highest BCUT2D eigenvalue weighted by molar-refractivity contribution is 7.89. The quantitative estimate of drug-likeness (QED) is 0.644. The van der Waals surface area contributed by atoms with Crippen molar-refractivity contribution in [3.8, 4) is 0 Å². The molecule has 1 aliphatic heterocycles. The average molecular weight is 448 g/mol. The van der Waals surface area contributed by atoms with Crippen LogP contribution >= 0.6 is 11.6 Å². The van der Waals surface area contributed by atoms with E-state index in [1.165, 1.54) is 0 Å². The molecule has 1 heterocycles. The predicted octanol–water partition coefficient (Wildman–Crippen LogP) is 1.82. The highest BCUT2D eigenvalue weighted by atomic mass is 35.5. The summed E-state index contributed by atoms with van der Waals surface area (Å²) in [5.41, 5.74) is 1.58. The standard InChI is InChI=1S/C18H28ClN3O3S.CH2O2/c1-4-26(24,25)20-13-15(3)21-6-5-7-22(9-8-21)18(23)16-10-14(2)11-17(19)12-16;2-1-3/h10-12,15,20H,4-9,13H2,1-3H3;1H,(H,2,3). The number of nitrogens with one attached hydrogen (secondary N) is 1. The van der Waals surface area contributed by atoms with Crippen LogP contribution < -0.4 is 4.72 Å². The molecule has 0 saturated carbocycles. The topological polar surface area (TPSA) is 107 Å². The molecule has 164 valence electrons. The first-order valence-electron chi connectivity index (χ1n) is 9.49. The van der Waals surface area contributed by atoms with Crippen molar-refractivity contribution in [3.63, 3.8) is 0 Å². The number of hydrogen-bond donors (Lipinski definition) is 2. The van der Waals surface area contributed by atoms with E-state index in [-0.39, 0.29) is 24.2 Å². The Hall–Kier alpha value is -1.68. The molecule has 1 saturated heterocycles. The lowest BCUT2D eigenvalue weighted by Gasteiger charge is -2.28. The van der Waals surface area contributed by atoms with Crippen LogP contribution in [0.5, 0.6) is 0 Å². The van der Waals surface area contributed by atoms with Gasteiger partial charge in [0.05, 0.1) is 5.75 Å². The van der Waals surface area contributed by atoms with Crippen molar-refractivity contribution in [2.24, 2.45) is 0 Å². The van der Waals surface area contributed by atoms with Crippen LogP contribution in [0.25, 0.3) is 0 Å². The van der Waals surface area contributed by atoms with Crippen molar-refractivity contribution in [1.29, 1.82) is 0 Å². The SMILES string of the molecule is CCS(=O)(=O)NCC(C)N1CCCN(C(=O)c2cc(C)cc(Cl)c2)CC1.O=CO. The largest absolute Gasteiger partial charge is 0.483 e. The lowest BCUT2D eigenvalue weighted by molar-refractivity contribution is -0.122. The van der Waals surface area contributed by atoms with E-state index in [2.05, 4.69) is 9.62 Å². The molecule has 0 aliphatic carbocycles. The van der Waals surface area contributed by atoms with E-state index in [0.29, 0.717) is 30.2 Å². The van der Waals surface area contributed by atoms with Gasteiger partial charge in [0, 0.05) is 49.4 Å². The second-order valence-electron chi connectivity index (χ2n) is 6.91. The Morgan fingerprint density at radius 3 is 2.52 bits per heavy atom. The fraction of sp³-hybridized carbons (Fsp3) is 0.579. The van der Waals surface area contributed by atoms with Crippen molar-refractivity contribution in [1.82, 2.24) is 14.5 Å². The molecule has 1 unspecified atom stereocenters. The number of sulfonamides is 1. The molecule has 0 bridgehead atoms. The van der Waals surface area contributed by atoms with Gasteiger partial charge < -0.3 is 10.0 Å². The number of hydrogen-bond acceptors (Lipinski definition) is 5. The van der Waals surface area contributed by atoms with Crippen LogP contribution in [0, 0.1) is 6.92 Å². The number of aryl methyl sites for hydroxylation is 1. The van der Waals surface area contributed by atoms with Gasteiger partial charge in [-0.15, -0.1) is 0 Å². The summed E-state index contributed by atoms with van der Waals surface area (Å²) < 4.78 is 25.9. The molecule has 8 nitrogen and oxygen atoms in total. The van der Waals surface area contributed by atoms with E-state index < -0.39 is 10.0 Å². The lowest BCUT2D eigenvalue weighted by Crippen LogP contribution is -2.44. The van der Waals surface area contributed by atoms with Crippen LogP contribution in [-0.4, -0.2) is 80.2 Å². The van der Waals surface area contributed by atoms with Crippen LogP contribution in [0.2, 0.25) is 5.02 Å². The summed E-state index contributed by atoms with van der Waals surface area (Å²) in [7, 11) is -3.18. The summed E-state index contributed by atoms with van der Waals surface area (Å²) in [5, 5.41) is 7.46. The minimum atomic E-state index is -3.18. The molecule has 2 rings (SSSR count). The molecule has 1 aliphatic rings. The number of benzene rings is 1. The summed E-state index contributed by atoms with van der Waals surface area (Å²) >= 11 is 6.08. The van der Waals surface area contributed by atoms with Gasteiger partial charge in [-0.2, -0.15) is 0 Å². The molecule has 29 heavy (non-hydrogen) atoms. The Balaban J connectivity index is 0.00000132. The highest BCUT2D eigenvalue weighted by Crippen LogP contribution is 2.17. The molecule has 1 aromatic rings. The Labute approximate surface area is 177 Å². The van der Waals surface area contributed by atoms with Crippen LogP contribution in [0.15, 0.2) is 18.2 Å². The third-order valence-electron chi connectivity index (χ3n) is 4.71. The zero-order chi connectivity index (χ0) is 22.0. The predicted molar refractivity (Wildman–Crippen MR) is 114 cm³/mol. The van der Waals surface area contributed by atoms with Gasteiger partial charge in [0.2, 0.25) is 10.0 Å². The van der Waals surface area contributed by atoms with Crippen molar-refractivity contribution in [2.75, 3.05) is 38.5 Å². The molecule has 0 aromatic heterocycles. The number of carboxylic acid groups (broad SMARTS) is 1. The van der Waals surface area contributed by atoms with Gasteiger partial charge in [-0.3, -0.25) is 14.5 Å². The Morgan fingerprint density at radius 2 is 1.93 bits per heavy atom. The third-order valence-corrected chi connectivity index (χ3v) is 6.29. The van der Waals surface area contributed by atoms with E-state index in [9.17, 15) is 13.2 Å². The summed E-state index contributed by atoms with van der Waals surface area (Å²) in [6.07, 6.45) is 0.857. The van der Waals surface area contributed by atoms with Crippen molar-refractivity contribution < 1.29 is 23.1 Å². The molecule has 1 fully saturated rings. The van der Waals surface area contributed by atoms with E-state index >= 15 is 0 Å². The lowest BCUT2D eigenvalue weighted by atomic mass is 10.1. The van der Waals surface area contributed by atoms with Crippen LogP contribution in [0.4, 0.5) is 0 Å². The zero-order valence-electron chi connectivity index (χ0n) is 17.1. The number of carbonyl (C=O) groups excluding carboxylic acids is 1. The third kappa shape index (κ3) is 8.69. The highest BCUT2D eigenvalue weighted by Gasteiger charge is 2.23. The molecular formula is C19H30ClN3O5S. The molecule has 0 radical (unpaired) electrons. The maximum absolute atomic E-state index is 12.8. The Morgan fingerprint density at radius 1 is 1.28 bits per heavy atom. The number of nitrogens with zero attached hydrogens (tertiary/aromatic N) is 2. The minimum absolute atomic E-state index is 0.00297. The maximum Gasteiger partial charge on any atom is 0.290 e. The summed E-state index contributed by atoms with van der Waals surface area (Å²) in [6, 6.07) is 5.49. The molecule has 1 amide bonds. The van der Waals surface area contributed by atoms with Gasteiger partial charge >= 0.3 is 0 Å². The summed E-state index contributed by atoms with van der Waals surface area (Å²) in [6.45, 7) is 8.57. The molecule has 0 spiro atoms. The van der Waals surface area contributed by atoms with Gasteiger partial charge in [-0.25, -0.2) is 13.1 Å². The first-order valence-corrected chi connectivity index (χ1v) is 11.5. The smallest absolute Gasteiger partial charge is 0.290 e. The first-order chi connectivity index (χ1) is 13.6. The number of rotatable bonds is 6.